The van der Waals surface area contributed by atoms with Gasteiger partial charge in [0.15, 0.2) is 34.6 Å². The second kappa shape index (κ2) is 23.5. The molecule has 0 bridgehead atoms. The van der Waals surface area contributed by atoms with Gasteiger partial charge in [0.05, 0.1) is 62.5 Å². The van der Waals surface area contributed by atoms with Crippen molar-refractivity contribution in [1.82, 2.24) is 78.3 Å². The minimum Gasteiger partial charge on any atom is -0.494 e. The van der Waals surface area contributed by atoms with Crippen LogP contribution in [0.5, 0.6) is 11.5 Å². The predicted molar refractivity (Wildman–Crippen MR) is 273 cm³/mol. The molecule has 8 heterocycles. The normalized spacial score (nSPS) is 13.3. The lowest BCUT2D eigenvalue weighted by Crippen LogP contribution is -2.11. The number of aromatic nitrogens is 16. The van der Waals surface area contributed by atoms with Crippen molar-refractivity contribution in [1.29, 1.82) is 0 Å². The lowest BCUT2D eigenvalue weighted by molar-refractivity contribution is -0.145. The number of imidazole rings is 2. The van der Waals surface area contributed by atoms with Crippen LogP contribution in [0.1, 0.15) is 110 Å². The monoisotopic (exact) mass is 1160 g/mol. The third kappa shape index (κ3) is 12.9. The maximum absolute atomic E-state index is 15.2. The van der Waals surface area contributed by atoms with E-state index in [9.17, 15) is 40.3 Å². The Morgan fingerprint density at radius 3 is 1.50 bits per heavy atom. The quantitative estimate of drug-likeness (QED) is 0.0681. The maximum atomic E-state index is 15.2. The number of carboxylic acid groups (broad SMARTS) is 1. The van der Waals surface area contributed by atoms with Gasteiger partial charge < -0.3 is 29.1 Å². The van der Waals surface area contributed by atoms with Crippen molar-refractivity contribution in [3.05, 3.63) is 167 Å². The molecule has 0 spiro atoms. The van der Waals surface area contributed by atoms with Crippen LogP contribution in [-0.4, -0.2) is 109 Å². The number of hydrogen-bond acceptors (Lipinski definition) is 15. The number of halogens is 9. The number of hydrogen-bond donors (Lipinski definition) is 2. The average Bonchev–Trinajstić information content (AvgIpc) is 4.00. The first kappa shape index (κ1) is 57.5. The molecule has 10 aromatic rings. The molecule has 0 amide bonds. The lowest BCUT2D eigenvalue weighted by atomic mass is 10.0. The van der Waals surface area contributed by atoms with E-state index in [-0.39, 0.29) is 77.2 Å². The molecule has 0 atom stereocenters. The second-order valence-electron chi connectivity index (χ2n) is 18.7. The Bertz CT molecular complexity index is 3930. The highest BCUT2D eigenvalue weighted by molar-refractivity contribution is 5.94. The highest BCUT2D eigenvalue weighted by atomic mass is 35.5. The molecule has 3 N–H and O–H groups in total. The number of benzene rings is 2. The molecule has 2 aliphatic carbocycles. The predicted octanol–water partition coefficient (Wildman–Crippen LogP) is 8.28. The Hall–Kier alpha value is -9.19. The molecular weight excluding hydrogens is 1120 g/mol. The molecule has 2 saturated carbocycles. The molecule has 22 nitrogen and oxygen atoms in total. The van der Waals surface area contributed by atoms with E-state index in [1.54, 1.807) is 0 Å². The summed E-state index contributed by atoms with van der Waals surface area (Å²) in [6.45, 7) is 0.476. The van der Waals surface area contributed by atoms with Crippen molar-refractivity contribution in [2.45, 2.75) is 82.3 Å². The molecule has 82 heavy (non-hydrogen) atoms. The smallest absolute Gasteiger partial charge is 0.453 e. The molecule has 31 heteroatoms. The van der Waals surface area contributed by atoms with E-state index in [1.807, 2.05) is 33.3 Å². The molecule has 2 fully saturated rings. The number of ether oxygens (including phenoxy) is 2. The first-order valence-corrected chi connectivity index (χ1v) is 24.7. The van der Waals surface area contributed by atoms with Gasteiger partial charge >= 0.3 is 18.3 Å². The van der Waals surface area contributed by atoms with Gasteiger partial charge in [-0.25, -0.2) is 52.2 Å². The van der Waals surface area contributed by atoms with Crippen LogP contribution in [0.2, 0.25) is 0 Å². The minimum absolute atomic E-state index is 0. The SMILES string of the molecule is COc1ccc(-n2cnc(C(F)(F)F)n2)c(CCC(=O)c2cn(Cc3cn4cc(C5CC5)ccc4n3)nn2)c1F.COc1ccc(-n2cnc(C(F)(F)F)n2)c(CN)c1F.Cl.O=C(O)c1cn(Cc2cn3cc(C4CC4)ccc3n2)nn1. The van der Waals surface area contributed by atoms with Gasteiger partial charge in [0.2, 0.25) is 0 Å². The zero-order valence-electron chi connectivity index (χ0n) is 43.0. The van der Waals surface area contributed by atoms with E-state index in [2.05, 4.69) is 75.3 Å². The van der Waals surface area contributed by atoms with Crippen LogP contribution in [0.25, 0.3) is 22.7 Å². The Morgan fingerprint density at radius 2 is 1.09 bits per heavy atom. The largest absolute Gasteiger partial charge is 0.494 e. The van der Waals surface area contributed by atoms with E-state index >= 15 is 4.39 Å². The number of nitrogens with zero attached hydrogens (tertiary/aromatic N) is 16. The summed E-state index contributed by atoms with van der Waals surface area (Å²) in [4.78, 5) is 39.2. The molecular formula is C51H46ClF8N17O5. The summed E-state index contributed by atoms with van der Waals surface area (Å²) in [5.41, 5.74) is 11.4. The fraction of sp³-hybridized carbons (Fsp3) is 0.294. The summed E-state index contributed by atoms with van der Waals surface area (Å²) in [6, 6.07) is 13.5. The number of ketones is 1. The minimum atomic E-state index is -4.76. The van der Waals surface area contributed by atoms with Gasteiger partial charge in [-0.2, -0.15) is 26.3 Å². The third-order valence-electron chi connectivity index (χ3n) is 13.0. The van der Waals surface area contributed by atoms with Gasteiger partial charge in [-0.15, -0.1) is 32.8 Å². The Morgan fingerprint density at radius 1 is 0.634 bits per heavy atom. The maximum Gasteiger partial charge on any atom is 0.453 e. The lowest BCUT2D eigenvalue weighted by Gasteiger charge is -2.13. The first-order chi connectivity index (χ1) is 38.8. The van der Waals surface area contributed by atoms with Crippen LogP contribution in [0, 0.1) is 11.6 Å². The van der Waals surface area contributed by atoms with Gasteiger partial charge in [-0.1, -0.05) is 22.6 Å². The van der Waals surface area contributed by atoms with Crippen molar-refractivity contribution in [3.8, 4) is 22.9 Å². The molecule has 8 aromatic heterocycles. The van der Waals surface area contributed by atoms with E-state index in [0.29, 0.717) is 24.9 Å². The molecule has 12 rings (SSSR count). The highest BCUT2D eigenvalue weighted by Crippen LogP contribution is 2.41. The number of methoxy groups -OCH3 is 2. The molecule has 428 valence electrons. The van der Waals surface area contributed by atoms with Gasteiger partial charge in [0, 0.05) is 48.9 Å². The first-order valence-electron chi connectivity index (χ1n) is 24.7. The molecule has 0 unspecified atom stereocenters. The van der Waals surface area contributed by atoms with Gasteiger partial charge in [-0.05, 0) is 91.5 Å². The Kier molecular flexibility index (Phi) is 16.5. The van der Waals surface area contributed by atoms with Crippen LogP contribution >= 0.6 is 12.4 Å². The summed E-state index contributed by atoms with van der Waals surface area (Å²) < 4.78 is 124. The van der Waals surface area contributed by atoms with E-state index in [4.69, 9.17) is 20.3 Å². The Balaban J connectivity index is 0.000000162. The van der Waals surface area contributed by atoms with Crippen molar-refractivity contribution in [2.75, 3.05) is 14.2 Å². The number of carbonyl (C=O) groups excluding carboxylic acids is 1. The van der Waals surface area contributed by atoms with Gasteiger partial charge in [0.25, 0.3) is 11.6 Å². The van der Waals surface area contributed by atoms with Crippen LogP contribution in [-0.2, 0) is 38.4 Å². The number of fused-ring (bicyclic) bond motifs is 2. The van der Waals surface area contributed by atoms with E-state index < -0.39 is 47.4 Å². The number of pyridine rings is 2. The van der Waals surface area contributed by atoms with E-state index in [1.165, 1.54) is 97.1 Å². The Labute approximate surface area is 463 Å². The fourth-order valence-electron chi connectivity index (χ4n) is 8.64. The third-order valence-corrected chi connectivity index (χ3v) is 13.0. The van der Waals surface area contributed by atoms with Crippen molar-refractivity contribution in [3.63, 3.8) is 0 Å². The van der Waals surface area contributed by atoms with Gasteiger partial charge in [0.1, 0.15) is 29.6 Å². The van der Waals surface area contributed by atoms with Crippen molar-refractivity contribution in [2.24, 2.45) is 5.73 Å². The standard InChI is InChI=1S/C26H22F4N8O2.C14H13N5O2.C11H10F4N4O.ClH/c1-40-22-8-6-20(38-14-31-25(34-38)26(28,29)30)18(24(22)27)5-7-21(39)19-13-37(35-33-19)12-17-11-36-10-16(15-2-3-15)4-9-23(36)32-17;20-14(21)12-8-19(17-16-12)7-11-6-18-5-10(9-1-2-9)3-4-13(18)15-11;1-20-8-3-2-7(6(4-16)9(8)12)19-5-17-10(18-19)11(13,14)15;/h4,6,8-11,13-15H,2-3,5,7,12H2,1H3;3-6,8-9H,1-2,7H2,(H,20,21);2-3,5H,4,16H2,1H3;1H. The summed E-state index contributed by atoms with van der Waals surface area (Å²) >= 11 is 0. The summed E-state index contributed by atoms with van der Waals surface area (Å²) in [7, 11) is 2.53. The second-order valence-corrected chi connectivity index (χ2v) is 18.7. The number of aromatic carboxylic acids is 1. The van der Waals surface area contributed by atoms with Crippen molar-refractivity contribution < 1.29 is 59.3 Å². The number of rotatable bonds is 16. The molecule has 0 saturated heterocycles. The zero-order valence-corrected chi connectivity index (χ0v) is 43.8. The molecule has 2 aliphatic rings. The number of carboxylic acids is 1. The van der Waals surface area contributed by atoms with Crippen LogP contribution in [0.4, 0.5) is 35.1 Å². The van der Waals surface area contributed by atoms with Crippen LogP contribution < -0.4 is 15.2 Å². The highest BCUT2D eigenvalue weighted by Gasteiger charge is 2.37. The summed E-state index contributed by atoms with van der Waals surface area (Å²) in [5, 5.41) is 30.9. The van der Waals surface area contributed by atoms with Crippen LogP contribution in [0.3, 0.4) is 0 Å². The average molecular weight is 1160 g/mol. The zero-order chi connectivity index (χ0) is 57.3. The number of Topliss-reactive ketones (excluding diaryl/α,β-unsaturated/α-hetero) is 1. The summed E-state index contributed by atoms with van der Waals surface area (Å²) in [6.07, 6.45) is 7.81. The molecule has 2 aromatic carbocycles. The van der Waals surface area contributed by atoms with Crippen molar-refractivity contribution >= 4 is 35.5 Å². The number of nitrogens with two attached hydrogens (primary N) is 1. The molecule has 0 radical (unpaired) electrons. The topological polar surface area (TPSA) is 256 Å². The van der Waals surface area contributed by atoms with Gasteiger partial charge in [-0.3, -0.25) is 4.79 Å². The van der Waals surface area contributed by atoms with E-state index in [0.717, 1.165) is 44.7 Å². The number of alkyl halides is 6. The fourth-order valence-corrected chi connectivity index (χ4v) is 8.64. The molecule has 0 aliphatic heterocycles. The number of carbonyl (C=O) groups is 2. The van der Waals surface area contributed by atoms with Crippen LogP contribution in [0.15, 0.2) is 98.4 Å². The summed E-state index contributed by atoms with van der Waals surface area (Å²) in [5.74, 6) is -4.57.